The molecular formula is C13H17N3O3S. The van der Waals surface area contributed by atoms with Gasteiger partial charge < -0.3 is 4.55 Å². The summed E-state index contributed by atoms with van der Waals surface area (Å²) in [4.78, 5) is 1.16. The zero-order valence-corrected chi connectivity index (χ0v) is 12.4. The summed E-state index contributed by atoms with van der Waals surface area (Å²) in [6.45, 7) is 5.12. The smallest absolute Gasteiger partial charge is 0.230 e. The van der Waals surface area contributed by atoms with Crippen LogP contribution in [0.25, 0.3) is 0 Å². The van der Waals surface area contributed by atoms with E-state index in [1.807, 2.05) is 19.1 Å². The summed E-state index contributed by atoms with van der Waals surface area (Å²) < 4.78 is 32.5. The average Bonchev–Trinajstić information content (AvgIpc) is 2.27. The molecule has 0 saturated carbocycles. The van der Waals surface area contributed by atoms with Crippen molar-refractivity contribution in [3.05, 3.63) is 53.3 Å². The van der Waals surface area contributed by atoms with Crippen molar-refractivity contribution in [1.82, 2.24) is 5.10 Å². The number of benzene rings is 1. The molecule has 2 rings (SSSR count). The lowest BCUT2D eigenvalue weighted by Gasteiger charge is -2.14. The predicted molar refractivity (Wildman–Crippen MR) is 73.2 cm³/mol. The molecule has 0 aliphatic rings. The molecule has 1 aromatic heterocycles. The van der Waals surface area contributed by atoms with Crippen LogP contribution in [0.3, 0.4) is 0 Å². The van der Waals surface area contributed by atoms with Gasteiger partial charge in [0.05, 0.1) is 11.1 Å². The molecule has 0 unspecified atom stereocenters. The van der Waals surface area contributed by atoms with Gasteiger partial charge in [-0.2, -0.15) is 5.84 Å². The molecular weight excluding hydrogens is 278 g/mol. The van der Waals surface area contributed by atoms with Crippen molar-refractivity contribution in [2.24, 2.45) is 0 Å². The van der Waals surface area contributed by atoms with Crippen LogP contribution in [0, 0.1) is 20.8 Å². The summed E-state index contributed by atoms with van der Waals surface area (Å²) in [6.07, 6.45) is 3.29. The number of rotatable bonds is 1. The predicted octanol–water partition coefficient (Wildman–Crippen LogP) is 0.599. The van der Waals surface area contributed by atoms with E-state index in [1.165, 1.54) is 4.79 Å². The molecule has 1 aromatic carbocycles. The molecule has 108 valence electrons. The third-order valence-corrected chi connectivity index (χ3v) is 3.63. The van der Waals surface area contributed by atoms with Crippen molar-refractivity contribution >= 4 is 10.1 Å². The molecule has 7 heteroatoms. The van der Waals surface area contributed by atoms with E-state index < -0.39 is 10.1 Å². The molecule has 0 bridgehead atoms. The fourth-order valence-electron chi connectivity index (χ4n) is 1.90. The maximum Gasteiger partial charge on any atom is 0.230 e. The number of nitrogens with zero attached hydrogens (tertiary/aromatic N) is 2. The molecule has 20 heavy (non-hydrogen) atoms. The van der Waals surface area contributed by atoms with Gasteiger partial charge in [0.1, 0.15) is 10.1 Å². The number of hydrogen-bond acceptors (Lipinski definition) is 5. The average molecular weight is 295 g/mol. The SMILES string of the molecule is Cc1cc(C)c(S(=O)(=O)[O-])c(C)c1.N[n+]1ccccn1. The van der Waals surface area contributed by atoms with Crippen LogP contribution in [-0.2, 0) is 10.1 Å². The van der Waals surface area contributed by atoms with Crippen molar-refractivity contribution < 1.29 is 17.8 Å². The maximum absolute atomic E-state index is 10.8. The zero-order valence-electron chi connectivity index (χ0n) is 11.6. The number of aryl methyl sites for hydroxylation is 3. The van der Waals surface area contributed by atoms with Gasteiger partial charge in [-0.25, -0.2) is 8.42 Å². The number of nitrogen functional groups attached to an aromatic ring is 1. The van der Waals surface area contributed by atoms with E-state index >= 15 is 0 Å². The molecule has 0 aliphatic heterocycles. The van der Waals surface area contributed by atoms with Crippen LogP contribution in [0.1, 0.15) is 16.7 Å². The summed E-state index contributed by atoms with van der Waals surface area (Å²) in [7, 11) is -4.33. The minimum Gasteiger partial charge on any atom is -0.744 e. The fourth-order valence-corrected chi connectivity index (χ4v) is 2.81. The topological polar surface area (TPSA) is 100.0 Å². The van der Waals surface area contributed by atoms with Crippen LogP contribution in [-0.4, -0.2) is 18.1 Å². The van der Waals surface area contributed by atoms with Crippen molar-refractivity contribution in [3.8, 4) is 0 Å². The minimum atomic E-state index is -4.33. The molecule has 0 saturated heterocycles. The van der Waals surface area contributed by atoms with Crippen molar-refractivity contribution in [3.63, 3.8) is 0 Å². The van der Waals surface area contributed by atoms with Crippen LogP contribution >= 0.6 is 0 Å². The molecule has 0 aliphatic carbocycles. The number of nitrogens with two attached hydrogens (primary N) is 1. The van der Waals surface area contributed by atoms with Crippen LogP contribution in [0.4, 0.5) is 0 Å². The second-order valence-corrected chi connectivity index (χ2v) is 5.68. The maximum atomic E-state index is 10.8. The summed E-state index contributed by atoms with van der Waals surface area (Å²) in [5, 5.41) is 3.67. The normalized spacial score (nSPS) is 10.6. The Labute approximate surface area is 118 Å². The van der Waals surface area contributed by atoms with Crippen LogP contribution in [0.2, 0.25) is 0 Å². The van der Waals surface area contributed by atoms with Gasteiger partial charge in [-0.3, -0.25) is 0 Å². The van der Waals surface area contributed by atoms with E-state index in [1.54, 1.807) is 38.4 Å². The molecule has 0 fully saturated rings. The monoisotopic (exact) mass is 295 g/mol. The second kappa shape index (κ2) is 6.44. The first kappa shape index (κ1) is 16.1. The van der Waals surface area contributed by atoms with E-state index in [-0.39, 0.29) is 4.90 Å². The van der Waals surface area contributed by atoms with E-state index in [9.17, 15) is 13.0 Å². The van der Waals surface area contributed by atoms with E-state index in [0.717, 1.165) is 5.56 Å². The molecule has 6 nitrogen and oxygen atoms in total. The molecule has 2 aromatic rings. The highest BCUT2D eigenvalue weighted by Crippen LogP contribution is 2.20. The van der Waals surface area contributed by atoms with Crippen LogP contribution in [0.5, 0.6) is 0 Å². The summed E-state index contributed by atoms with van der Waals surface area (Å²) in [6, 6.07) is 7.01. The first-order valence-corrected chi connectivity index (χ1v) is 7.24. The van der Waals surface area contributed by atoms with Gasteiger partial charge in [-0.15, -0.1) is 0 Å². The molecule has 0 amide bonds. The lowest BCUT2D eigenvalue weighted by molar-refractivity contribution is -0.700. The zero-order chi connectivity index (χ0) is 15.3. The first-order valence-electron chi connectivity index (χ1n) is 5.83. The Kier molecular flexibility index (Phi) is 5.18. The Morgan fingerprint density at radius 3 is 2.00 bits per heavy atom. The highest BCUT2D eigenvalue weighted by Gasteiger charge is 2.09. The third-order valence-electron chi connectivity index (χ3n) is 2.49. The van der Waals surface area contributed by atoms with Gasteiger partial charge in [0.25, 0.3) is 0 Å². The van der Waals surface area contributed by atoms with Gasteiger partial charge in [-0.1, -0.05) is 17.7 Å². The van der Waals surface area contributed by atoms with Gasteiger partial charge in [0.15, 0.2) is 0 Å². The molecule has 0 radical (unpaired) electrons. The molecule has 2 N–H and O–H groups in total. The van der Waals surface area contributed by atoms with Crippen molar-refractivity contribution in [2.45, 2.75) is 25.7 Å². The van der Waals surface area contributed by atoms with Gasteiger partial charge in [0, 0.05) is 16.0 Å². The molecule has 0 spiro atoms. The Balaban J connectivity index is 0.000000240. The second-order valence-electron chi connectivity index (χ2n) is 4.36. The van der Waals surface area contributed by atoms with Gasteiger partial charge >= 0.3 is 0 Å². The lowest BCUT2D eigenvalue weighted by atomic mass is 10.1. The van der Waals surface area contributed by atoms with Crippen molar-refractivity contribution in [1.29, 1.82) is 0 Å². The van der Waals surface area contributed by atoms with E-state index in [4.69, 9.17) is 5.84 Å². The summed E-state index contributed by atoms with van der Waals surface area (Å²) in [5.41, 5.74) is 2.00. The largest absolute Gasteiger partial charge is 0.744 e. The Hall–Kier alpha value is -1.99. The van der Waals surface area contributed by atoms with Crippen LogP contribution < -0.4 is 10.6 Å². The standard InChI is InChI=1S/C9H12O3S.C4H6N3/c1-6-4-7(2)9(8(3)5-6)13(10,11)12;5-7-4-2-1-3-6-7/h4-5H,1-3H3,(H,10,11,12);1-4H,(H2,5,6)/q;+1/p-1. The first-order chi connectivity index (χ1) is 9.21. The number of hydrogen-bond donors (Lipinski definition) is 1. The quantitative estimate of drug-likeness (QED) is 0.472. The summed E-state index contributed by atoms with van der Waals surface area (Å²) >= 11 is 0. The third kappa shape index (κ3) is 4.60. The molecule has 0 atom stereocenters. The van der Waals surface area contributed by atoms with E-state index in [2.05, 4.69) is 5.10 Å². The minimum absolute atomic E-state index is 0.0851. The van der Waals surface area contributed by atoms with Crippen LogP contribution in [0.15, 0.2) is 41.6 Å². The Bertz CT molecular complexity index is 662. The Morgan fingerprint density at radius 2 is 1.70 bits per heavy atom. The number of aromatic nitrogens is 2. The fraction of sp³-hybridized carbons (Fsp3) is 0.231. The molecule has 1 heterocycles. The van der Waals surface area contributed by atoms with Gasteiger partial charge in [0.2, 0.25) is 6.20 Å². The van der Waals surface area contributed by atoms with E-state index in [0.29, 0.717) is 11.1 Å². The highest BCUT2D eigenvalue weighted by molar-refractivity contribution is 7.85. The summed E-state index contributed by atoms with van der Waals surface area (Å²) in [5.74, 6) is 5.16. The van der Waals surface area contributed by atoms with Crippen molar-refractivity contribution in [2.75, 3.05) is 5.84 Å². The Morgan fingerprint density at radius 1 is 1.15 bits per heavy atom. The van der Waals surface area contributed by atoms with Gasteiger partial charge in [-0.05, 0) is 38.0 Å². The highest BCUT2D eigenvalue weighted by atomic mass is 32.2. The lowest BCUT2D eigenvalue weighted by Crippen LogP contribution is -2.47.